The van der Waals surface area contributed by atoms with Crippen LogP contribution in [0.3, 0.4) is 0 Å². The monoisotopic (exact) mass is 246 g/mol. The molecule has 17 heavy (non-hydrogen) atoms. The summed E-state index contributed by atoms with van der Waals surface area (Å²) < 4.78 is 10.2. The Morgan fingerprint density at radius 3 is 2.88 bits per heavy atom. The quantitative estimate of drug-likeness (QED) is 0.536. The van der Waals surface area contributed by atoms with E-state index in [0.717, 1.165) is 19.3 Å². The molecule has 2 unspecified atom stereocenters. The van der Waals surface area contributed by atoms with Crippen molar-refractivity contribution in [2.45, 2.75) is 44.8 Å². The molecule has 0 aromatic heterocycles. The van der Waals surface area contributed by atoms with Crippen molar-refractivity contribution in [3.05, 3.63) is 0 Å². The second kappa shape index (κ2) is 6.93. The highest BCUT2D eigenvalue weighted by Gasteiger charge is 2.46. The molecule has 1 fully saturated rings. The van der Waals surface area contributed by atoms with Crippen LogP contribution in [0.4, 0.5) is 0 Å². The zero-order chi connectivity index (χ0) is 12.7. The van der Waals surface area contributed by atoms with E-state index in [4.69, 9.17) is 14.6 Å². The van der Waals surface area contributed by atoms with Gasteiger partial charge in [-0.05, 0) is 32.1 Å². The first-order chi connectivity index (χ1) is 8.11. The van der Waals surface area contributed by atoms with Gasteiger partial charge < -0.3 is 19.7 Å². The van der Waals surface area contributed by atoms with Crippen LogP contribution in [0.2, 0.25) is 0 Å². The first kappa shape index (κ1) is 14.4. The van der Waals surface area contributed by atoms with Crippen molar-refractivity contribution >= 4 is 5.97 Å². The van der Waals surface area contributed by atoms with Gasteiger partial charge in [-0.25, -0.2) is 4.79 Å². The lowest BCUT2D eigenvalue weighted by Gasteiger charge is -2.35. The zero-order valence-corrected chi connectivity index (χ0v) is 10.4. The molecule has 0 spiro atoms. The molecule has 5 nitrogen and oxygen atoms in total. The standard InChI is InChI=1S/C12H22O5/c1-10-6-5-9-17-12(10,15)11(14)16-8-4-2-3-7-13/h10,13,15H,2-9H2,1H3. The van der Waals surface area contributed by atoms with Crippen molar-refractivity contribution in [2.24, 2.45) is 5.92 Å². The Morgan fingerprint density at radius 1 is 1.47 bits per heavy atom. The summed E-state index contributed by atoms with van der Waals surface area (Å²) in [7, 11) is 0. The van der Waals surface area contributed by atoms with E-state index in [1.165, 1.54) is 0 Å². The predicted molar refractivity (Wildman–Crippen MR) is 61.2 cm³/mol. The minimum absolute atomic E-state index is 0.151. The number of unbranched alkanes of at least 4 members (excludes halogenated alkanes) is 2. The first-order valence-corrected chi connectivity index (χ1v) is 6.25. The molecule has 0 aliphatic carbocycles. The molecular weight excluding hydrogens is 224 g/mol. The number of hydrogen-bond donors (Lipinski definition) is 2. The van der Waals surface area contributed by atoms with Crippen LogP contribution in [0.5, 0.6) is 0 Å². The molecule has 0 aromatic carbocycles. The molecular formula is C12H22O5. The third kappa shape index (κ3) is 3.94. The lowest BCUT2D eigenvalue weighted by atomic mass is 9.93. The summed E-state index contributed by atoms with van der Waals surface area (Å²) in [5.41, 5.74) is 0. The largest absolute Gasteiger partial charge is 0.462 e. The summed E-state index contributed by atoms with van der Waals surface area (Å²) in [4.78, 5) is 11.7. The van der Waals surface area contributed by atoms with E-state index in [9.17, 15) is 9.90 Å². The Hall–Kier alpha value is -0.650. The highest BCUT2D eigenvalue weighted by Crippen LogP contribution is 2.29. The van der Waals surface area contributed by atoms with Crippen LogP contribution in [0, 0.1) is 5.92 Å². The van der Waals surface area contributed by atoms with E-state index in [-0.39, 0.29) is 19.1 Å². The number of esters is 1. The molecule has 1 heterocycles. The van der Waals surface area contributed by atoms with Gasteiger partial charge in [-0.3, -0.25) is 0 Å². The molecule has 2 atom stereocenters. The van der Waals surface area contributed by atoms with Gasteiger partial charge in [-0.2, -0.15) is 0 Å². The molecule has 1 aliphatic heterocycles. The molecule has 0 aromatic rings. The van der Waals surface area contributed by atoms with Gasteiger partial charge in [-0.1, -0.05) is 6.92 Å². The lowest BCUT2D eigenvalue weighted by Crippen LogP contribution is -2.51. The summed E-state index contributed by atoms with van der Waals surface area (Å²) >= 11 is 0. The molecule has 100 valence electrons. The van der Waals surface area contributed by atoms with E-state index in [1.807, 2.05) is 0 Å². The number of carbonyl (C=O) groups is 1. The fourth-order valence-electron chi connectivity index (χ4n) is 1.87. The van der Waals surface area contributed by atoms with Crippen molar-refractivity contribution < 1.29 is 24.5 Å². The molecule has 5 heteroatoms. The van der Waals surface area contributed by atoms with Gasteiger partial charge in [0.15, 0.2) is 0 Å². The molecule has 1 saturated heterocycles. The van der Waals surface area contributed by atoms with Crippen molar-refractivity contribution in [2.75, 3.05) is 19.8 Å². The summed E-state index contributed by atoms with van der Waals surface area (Å²) in [5, 5.41) is 18.7. The average Bonchev–Trinajstić information content (AvgIpc) is 2.32. The summed E-state index contributed by atoms with van der Waals surface area (Å²) in [5.74, 6) is -2.69. The van der Waals surface area contributed by atoms with Crippen molar-refractivity contribution in [1.82, 2.24) is 0 Å². The van der Waals surface area contributed by atoms with Crippen molar-refractivity contribution in [3.63, 3.8) is 0 Å². The highest BCUT2D eigenvalue weighted by atomic mass is 16.7. The van der Waals surface area contributed by atoms with Gasteiger partial charge in [0.2, 0.25) is 0 Å². The molecule has 0 saturated carbocycles. The molecule has 0 radical (unpaired) electrons. The van der Waals surface area contributed by atoms with Crippen LogP contribution in [0.25, 0.3) is 0 Å². The topological polar surface area (TPSA) is 76.0 Å². The Kier molecular flexibility index (Phi) is 5.88. The van der Waals surface area contributed by atoms with E-state index >= 15 is 0 Å². The predicted octanol–water partition coefficient (Wildman–Crippen LogP) is 0.827. The van der Waals surface area contributed by atoms with Crippen LogP contribution in [-0.4, -0.2) is 41.8 Å². The average molecular weight is 246 g/mol. The lowest BCUT2D eigenvalue weighted by molar-refractivity contribution is -0.259. The molecule has 1 rings (SSSR count). The second-order valence-corrected chi connectivity index (χ2v) is 4.51. The smallest absolute Gasteiger partial charge is 0.366 e. The van der Waals surface area contributed by atoms with E-state index in [0.29, 0.717) is 19.4 Å². The Morgan fingerprint density at radius 2 is 2.24 bits per heavy atom. The number of rotatable bonds is 6. The maximum Gasteiger partial charge on any atom is 0.366 e. The Labute approximate surface area is 102 Å². The summed E-state index contributed by atoms with van der Waals surface area (Å²) in [6, 6.07) is 0. The van der Waals surface area contributed by atoms with Gasteiger partial charge in [0.1, 0.15) is 0 Å². The number of ether oxygens (including phenoxy) is 2. The van der Waals surface area contributed by atoms with Gasteiger partial charge >= 0.3 is 5.97 Å². The number of carbonyl (C=O) groups excluding carboxylic acids is 1. The number of aliphatic hydroxyl groups is 2. The number of aliphatic hydroxyl groups excluding tert-OH is 1. The summed E-state index contributed by atoms with van der Waals surface area (Å²) in [6.45, 7) is 2.59. The Bertz CT molecular complexity index is 243. The third-order valence-electron chi connectivity index (χ3n) is 3.10. The van der Waals surface area contributed by atoms with Crippen LogP contribution < -0.4 is 0 Å². The minimum Gasteiger partial charge on any atom is -0.462 e. The Balaban J connectivity index is 2.30. The maximum atomic E-state index is 11.7. The fraction of sp³-hybridized carbons (Fsp3) is 0.917. The van der Waals surface area contributed by atoms with Crippen LogP contribution in [-0.2, 0) is 14.3 Å². The van der Waals surface area contributed by atoms with Crippen molar-refractivity contribution in [1.29, 1.82) is 0 Å². The van der Waals surface area contributed by atoms with Crippen LogP contribution in [0.15, 0.2) is 0 Å². The van der Waals surface area contributed by atoms with E-state index < -0.39 is 11.8 Å². The number of hydrogen-bond acceptors (Lipinski definition) is 5. The summed E-state index contributed by atoms with van der Waals surface area (Å²) in [6.07, 6.45) is 3.81. The molecule has 0 amide bonds. The van der Waals surface area contributed by atoms with E-state index in [1.54, 1.807) is 6.92 Å². The fourth-order valence-corrected chi connectivity index (χ4v) is 1.87. The van der Waals surface area contributed by atoms with Gasteiger partial charge in [-0.15, -0.1) is 0 Å². The van der Waals surface area contributed by atoms with Gasteiger partial charge in [0.25, 0.3) is 5.79 Å². The maximum absolute atomic E-state index is 11.7. The molecule has 0 bridgehead atoms. The van der Waals surface area contributed by atoms with Crippen LogP contribution in [0.1, 0.15) is 39.0 Å². The minimum atomic E-state index is -1.77. The zero-order valence-electron chi connectivity index (χ0n) is 10.4. The van der Waals surface area contributed by atoms with Crippen molar-refractivity contribution in [3.8, 4) is 0 Å². The van der Waals surface area contributed by atoms with Gasteiger partial charge in [0.05, 0.1) is 13.2 Å². The third-order valence-corrected chi connectivity index (χ3v) is 3.10. The first-order valence-electron chi connectivity index (χ1n) is 6.25. The van der Waals surface area contributed by atoms with E-state index in [2.05, 4.69) is 0 Å². The normalized spacial score (nSPS) is 29.0. The SMILES string of the molecule is CC1CCCOC1(O)C(=O)OCCCCCO. The second-order valence-electron chi connectivity index (χ2n) is 4.51. The molecule has 1 aliphatic rings. The molecule has 2 N–H and O–H groups in total. The highest BCUT2D eigenvalue weighted by molar-refractivity contribution is 5.78. The van der Waals surface area contributed by atoms with Gasteiger partial charge in [0, 0.05) is 12.5 Å². The van der Waals surface area contributed by atoms with Crippen LogP contribution >= 0.6 is 0 Å².